The molecule has 0 aliphatic carbocycles. The summed E-state index contributed by atoms with van der Waals surface area (Å²) in [6, 6.07) is 8.81. The Kier molecular flexibility index (Phi) is 5.05. The number of nitrogens with zero attached hydrogens (tertiary/aromatic N) is 1. The number of hydrogen-bond donors (Lipinski definition) is 1. The molecule has 0 aliphatic rings. The van der Waals surface area contributed by atoms with Gasteiger partial charge in [-0.15, -0.1) is 0 Å². The van der Waals surface area contributed by atoms with Crippen LogP contribution >= 0.6 is 23.2 Å². The van der Waals surface area contributed by atoms with Gasteiger partial charge in [0.15, 0.2) is 9.84 Å². The Hall–Kier alpha value is -1.63. The molecule has 0 unspecified atom stereocenters. The molecule has 0 aliphatic heterocycles. The fourth-order valence-corrected chi connectivity index (χ4v) is 2.90. The van der Waals surface area contributed by atoms with Gasteiger partial charge in [-0.2, -0.15) is 0 Å². The monoisotopic (exact) mass is 358 g/mol. The third kappa shape index (κ3) is 3.76. The number of halogens is 2. The number of carbonyl (C=O) groups excluding carboxylic acids is 1. The number of pyridine rings is 1. The molecule has 1 N–H and O–H groups in total. The summed E-state index contributed by atoms with van der Waals surface area (Å²) in [7, 11) is -3.27. The van der Waals surface area contributed by atoms with Gasteiger partial charge in [0.2, 0.25) is 0 Å². The maximum atomic E-state index is 12.1. The van der Waals surface area contributed by atoms with Crippen LogP contribution in [0.5, 0.6) is 0 Å². The molecule has 1 amide bonds. The van der Waals surface area contributed by atoms with E-state index in [0.717, 1.165) is 0 Å². The second-order valence-corrected chi connectivity index (χ2v) is 7.42. The molecule has 5 nitrogen and oxygen atoms in total. The van der Waals surface area contributed by atoms with Crippen molar-refractivity contribution in [2.75, 3.05) is 11.1 Å². The minimum atomic E-state index is -3.27. The maximum absolute atomic E-state index is 12.1. The lowest BCUT2D eigenvalue weighted by Crippen LogP contribution is -2.14. The zero-order valence-corrected chi connectivity index (χ0v) is 13.8. The van der Waals surface area contributed by atoms with E-state index in [0.29, 0.717) is 5.69 Å². The number of amides is 1. The molecule has 1 aromatic heterocycles. The normalized spacial score (nSPS) is 11.2. The van der Waals surface area contributed by atoms with Crippen molar-refractivity contribution >= 4 is 44.6 Å². The summed E-state index contributed by atoms with van der Waals surface area (Å²) in [5.41, 5.74) is 0.428. The number of sulfone groups is 1. The Labute approximate surface area is 138 Å². The van der Waals surface area contributed by atoms with Gasteiger partial charge in [0.1, 0.15) is 10.8 Å². The largest absolute Gasteiger partial charge is 0.321 e. The molecule has 116 valence electrons. The lowest BCUT2D eigenvalue weighted by atomic mass is 10.3. The van der Waals surface area contributed by atoms with Crippen LogP contribution in [-0.4, -0.2) is 25.1 Å². The fourth-order valence-electron chi connectivity index (χ4n) is 1.68. The number of aromatic nitrogens is 1. The summed E-state index contributed by atoms with van der Waals surface area (Å²) in [4.78, 5) is 16.2. The Morgan fingerprint density at radius 3 is 2.36 bits per heavy atom. The molecule has 0 bridgehead atoms. The number of hydrogen-bond acceptors (Lipinski definition) is 4. The SMILES string of the molecule is CCS(=O)(=O)c1ccc(NC(=O)c2nc(Cl)ccc2Cl)cc1. The quantitative estimate of drug-likeness (QED) is 0.849. The second-order valence-electron chi connectivity index (χ2n) is 4.35. The molecular weight excluding hydrogens is 347 g/mol. The van der Waals surface area contributed by atoms with Gasteiger partial charge in [0.25, 0.3) is 5.91 Å². The standard InChI is InChI=1S/C14H12Cl2N2O3S/c1-2-22(20,21)10-5-3-9(4-6-10)17-14(19)13-11(15)7-8-12(16)18-13/h3-8H,2H2,1H3,(H,17,19). The van der Waals surface area contributed by atoms with E-state index in [1.165, 1.54) is 36.4 Å². The lowest BCUT2D eigenvalue weighted by Gasteiger charge is -2.07. The summed E-state index contributed by atoms with van der Waals surface area (Å²) >= 11 is 11.6. The van der Waals surface area contributed by atoms with Crippen molar-refractivity contribution in [3.63, 3.8) is 0 Å². The van der Waals surface area contributed by atoms with Gasteiger partial charge < -0.3 is 5.32 Å². The first-order chi connectivity index (χ1) is 10.3. The highest BCUT2D eigenvalue weighted by atomic mass is 35.5. The number of benzene rings is 1. The number of nitrogens with one attached hydrogen (secondary N) is 1. The van der Waals surface area contributed by atoms with E-state index >= 15 is 0 Å². The third-order valence-electron chi connectivity index (χ3n) is 2.88. The highest BCUT2D eigenvalue weighted by Gasteiger charge is 2.14. The van der Waals surface area contributed by atoms with Crippen LogP contribution < -0.4 is 5.32 Å². The third-order valence-corrected chi connectivity index (χ3v) is 5.14. The average Bonchev–Trinajstić information content (AvgIpc) is 2.50. The highest BCUT2D eigenvalue weighted by Crippen LogP contribution is 2.20. The van der Waals surface area contributed by atoms with Crippen molar-refractivity contribution in [3.8, 4) is 0 Å². The van der Waals surface area contributed by atoms with Gasteiger partial charge in [-0.25, -0.2) is 13.4 Å². The molecule has 0 spiro atoms. The predicted octanol–water partition coefficient (Wildman–Crippen LogP) is 3.43. The zero-order valence-electron chi connectivity index (χ0n) is 11.5. The molecule has 0 atom stereocenters. The van der Waals surface area contributed by atoms with Crippen LogP contribution in [0.3, 0.4) is 0 Å². The minimum absolute atomic E-state index is 0.000534. The van der Waals surface area contributed by atoms with Crippen molar-refractivity contribution in [2.45, 2.75) is 11.8 Å². The van der Waals surface area contributed by atoms with Crippen LogP contribution in [-0.2, 0) is 9.84 Å². The summed E-state index contributed by atoms with van der Waals surface area (Å²) in [5.74, 6) is -0.514. The summed E-state index contributed by atoms with van der Waals surface area (Å²) in [6.07, 6.45) is 0. The molecular formula is C14H12Cl2N2O3S. The molecule has 0 fully saturated rings. The molecule has 1 heterocycles. The van der Waals surface area contributed by atoms with Crippen molar-refractivity contribution in [3.05, 3.63) is 52.3 Å². The van der Waals surface area contributed by atoms with Crippen LogP contribution in [0.15, 0.2) is 41.3 Å². The van der Waals surface area contributed by atoms with Crippen LogP contribution in [0.25, 0.3) is 0 Å². The van der Waals surface area contributed by atoms with Crippen LogP contribution in [0, 0.1) is 0 Å². The molecule has 22 heavy (non-hydrogen) atoms. The first-order valence-electron chi connectivity index (χ1n) is 6.29. The van der Waals surface area contributed by atoms with Gasteiger partial charge in [-0.1, -0.05) is 30.1 Å². The first-order valence-corrected chi connectivity index (χ1v) is 8.70. The van der Waals surface area contributed by atoms with E-state index in [4.69, 9.17) is 23.2 Å². The molecule has 2 aromatic rings. The van der Waals surface area contributed by atoms with E-state index in [9.17, 15) is 13.2 Å². The zero-order chi connectivity index (χ0) is 16.3. The maximum Gasteiger partial charge on any atom is 0.275 e. The Morgan fingerprint density at radius 1 is 1.14 bits per heavy atom. The van der Waals surface area contributed by atoms with Crippen molar-refractivity contribution in [1.29, 1.82) is 0 Å². The van der Waals surface area contributed by atoms with E-state index in [2.05, 4.69) is 10.3 Å². The summed E-state index contributed by atoms with van der Waals surface area (Å²) < 4.78 is 23.4. The van der Waals surface area contributed by atoms with Crippen molar-refractivity contribution < 1.29 is 13.2 Å². The Morgan fingerprint density at radius 2 is 1.77 bits per heavy atom. The van der Waals surface area contributed by atoms with E-state index in [1.54, 1.807) is 6.92 Å². The van der Waals surface area contributed by atoms with Crippen molar-refractivity contribution in [1.82, 2.24) is 4.98 Å². The number of rotatable bonds is 4. The first kappa shape index (κ1) is 16.7. The topological polar surface area (TPSA) is 76.1 Å². The van der Waals surface area contributed by atoms with Crippen molar-refractivity contribution in [2.24, 2.45) is 0 Å². The Bertz CT molecular complexity index is 805. The van der Waals surface area contributed by atoms with E-state index in [-0.39, 0.29) is 26.5 Å². The fraction of sp³-hybridized carbons (Fsp3) is 0.143. The van der Waals surface area contributed by atoms with Gasteiger partial charge in [-0.05, 0) is 36.4 Å². The van der Waals surface area contributed by atoms with Gasteiger partial charge in [0.05, 0.1) is 15.7 Å². The van der Waals surface area contributed by atoms with Gasteiger partial charge >= 0.3 is 0 Å². The van der Waals surface area contributed by atoms with E-state index in [1.807, 2.05) is 0 Å². The van der Waals surface area contributed by atoms with Gasteiger partial charge in [0, 0.05) is 5.69 Å². The summed E-state index contributed by atoms with van der Waals surface area (Å²) in [5, 5.41) is 2.91. The predicted molar refractivity (Wildman–Crippen MR) is 86.4 cm³/mol. The summed E-state index contributed by atoms with van der Waals surface area (Å²) in [6.45, 7) is 1.57. The molecule has 0 saturated carbocycles. The highest BCUT2D eigenvalue weighted by molar-refractivity contribution is 7.91. The molecule has 2 rings (SSSR count). The van der Waals surface area contributed by atoms with Crippen LogP contribution in [0.1, 0.15) is 17.4 Å². The lowest BCUT2D eigenvalue weighted by molar-refractivity contribution is 0.102. The average molecular weight is 359 g/mol. The minimum Gasteiger partial charge on any atom is -0.321 e. The molecule has 1 aromatic carbocycles. The smallest absolute Gasteiger partial charge is 0.275 e. The number of carbonyl (C=O) groups is 1. The van der Waals surface area contributed by atoms with E-state index < -0.39 is 15.7 Å². The molecule has 0 saturated heterocycles. The van der Waals surface area contributed by atoms with Gasteiger partial charge in [-0.3, -0.25) is 4.79 Å². The second kappa shape index (κ2) is 6.64. The van der Waals surface area contributed by atoms with Crippen LogP contribution in [0.2, 0.25) is 10.2 Å². The number of anilines is 1. The van der Waals surface area contributed by atoms with Crippen LogP contribution in [0.4, 0.5) is 5.69 Å². The molecule has 8 heteroatoms. The molecule has 0 radical (unpaired) electrons. The Balaban J connectivity index is 2.21.